The van der Waals surface area contributed by atoms with Gasteiger partial charge in [-0.3, -0.25) is 9.98 Å². The second-order valence-electron chi connectivity index (χ2n) is 8.64. The lowest BCUT2D eigenvalue weighted by Crippen LogP contribution is -2.26. The first-order valence-corrected chi connectivity index (χ1v) is 12.9. The van der Waals surface area contributed by atoms with Crippen molar-refractivity contribution in [2.45, 2.75) is 6.54 Å². The van der Waals surface area contributed by atoms with E-state index in [4.69, 9.17) is 16.6 Å². The average Bonchev–Trinajstić information content (AvgIpc) is 3.06. The molecule has 1 aliphatic rings. The number of aromatic nitrogens is 1. The van der Waals surface area contributed by atoms with Crippen LogP contribution >= 0.6 is 27.5 Å². The van der Waals surface area contributed by atoms with E-state index >= 15 is 0 Å². The molecule has 0 atom stereocenters. The molecule has 0 fully saturated rings. The fourth-order valence-electron chi connectivity index (χ4n) is 4.38. The summed E-state index contributed by atoms with van der Waals surface area (Å²) in [5.74, 6) is -1.18. The second kappa shape index (κ2) is 11.1. The van der Waals surface area contributed by atoms with Crippen LogP contribution in [0.25, 0.3) is 17.2 Å². The number of hydrogen-bond acceptors (Lipinski definition) is 5. The number of benzene rings is 3. The number of rotatable bonds is 6. The van der Waals surface area contributed by atoms with E-state index in [1.807, 2.05) is 60.8 Å². The number of allylic oxidation sites excluding steroid dienone is 1. The first-order valence-electron chi connectivity index (χ1n) is 11.8. The normalized spacial score (nSPS) is 13.2. The monoisotopic (exact) mass is 570 g/mol. The molecule has 0 unspecified atom stereocenters. The molecule has 0 N–H and O–H groups in total. The van der Waals surface area contributed by atoms with E-state index in [1.165, 1.54) is 0 Å². The molecular weight excluding hydrogens is 550 g/mol. The van der Waals surface area contributed by atoms with Crippen molar-refractivity contribution < 1.29 is 9.90 Å². The zero-order chi connectivity index (χ0) is 25.8. The number of aliphatic imine (C=N–C) groups is 1. The zero-order valence-electron chi connectivity index (χ0n) is 19.8. The Hall–Kier alpha value is -3.74. The van der Waals surface area contributed by atoms with Gasteiger partial charge in [-0.25, -0.2) is 0 Å². The van der Waals surface area contributed by atoms with Gasteiger partial charge in [0.15, 0.2) is 0 Å². The molecule has 0 saturated heterocycles. The van der Waals surface area contributed by atoms with Crippen LogP contribution in [0.1, 0.15) is 27.0 Å². The lowest BCUT2D eigenvalue weighted by Gasteiger charge is -2.25. The predicted molar refractivity (Wildman–Crippen MR) is 151 cm³/mol. The molecule has 0 amide bonds. The fraction of sp³-hybridized carbons (Fsp3) is 0.100. The van der Waals surface area contributed by atoms with Crippen molar-refractivity contribution in [1.29, 1.82) is 0 Å². The maximum absolute atomic E-state index is 11.1. The first kappa shape index (κ1) is 24.9. The van der Waals surface area contributed by atoms with E-state index in [9.17, 15) is 9.90 Å². The molecule has 5 nitrogen and oxygen atoms in total. The Morgan fingerprint density at radius 2 is 1.86 bits per heavy atom. The highest BCUT2D eigenvalue weighted by atomic mass is 79.9. The lowest BCUT2D eigenvalue weighted by molar-refractivity contribution is -0.255. The third-order valence-corrected chi connectivity index (χ3v) is 6.93. The van der Waals surface area contributed by atoms with Crippen LogP contribution in [0.2, 0.25) is 5.02 Å². The number of benzodiazepines with no additional fused rings is 1. The number of carbonyl (C=O) groups is 1. The van der Waals surface area contributed by atoms with Gasteiger partial charge in [0.1, 0.15) is 0 Å². The van der Waals surface area contributed by atoms with Crippen molar-refractivity contribution in [3.63, 3.8) is 0 Å². The summed E-state index contributed by atoms with van der Waals surface area (Å²) in [7, 11) is 0. The quantitative estimate of drug-likeness (QED) is 0.283. The van der Waals surface area contributed by atoms with Crippen LogP contribution in [0.4, 0.5) is 5.69 Å². The number of anilines is 1. The van der Waals surface area contributed by atoms with Gasteiger partial charge in [0.25, 0.3) is 0 Å². The molecule has 0 saturated carbocycles. The number of carboxylic acids is 1. The number of fused-ring (bicyclic) bond motifs is 1. The van der Waals surface area contributed by atoms with Crippen molar-refractivity contribution in [3.8, 4) is 11.1 Å². The van der Waals surface area contributed by atoms with Gasteiger partial charge in [-0.1, -0.05) is 70.0 Å². The van der Waals surface area contributed by atoms with Gasteiger partial charge >= 0.3 is 0 Å². The smallest absolute Gasteiger partial charge is 0.0715 e. The van der Waals surface area contributed by atoms with E-state index in [-0.39, 0.29) is 5.56 Å². The maximum Gasteiger partial charge on any atom is 0.0715 e. The van der Waals surface area contributed by atoms with Crippen LogP contribution in [0.3, 0.4) is 0 Å². The molecule has 1 aliphatic heterocycles. The summed E-state index contributed by atoms with van der Waals surface area (Å²) in [5.41, 5.74) is 7.16. The maximum atomic E-state index is 11.1. The lowest BCUT2D eigenvalue weighted by atomic mass is 10.00. The summed E-state index contributed by atoms with van der Waals surface area (Å²) in [5, 5.41) is 11.7. The topological polar surface area (TPSA) is 68.6 Å². The Balaban J connectivity index is 1.46. The standard InChI is InChI=1S/C30H23BrClN3O2/c31-24-3-1-2-22(16-24)26-12-13-33-18-23(26)8-11-28-27-10-9-25(32)17-29(27)35(15-14-34-28)19-20-4-6-21(7-5-20)30(36)37/h1-13,16-18H,14-15,19H2,(H,36,37)/p-1/b11-8+. The van der Waals surface area contributed by atoms with Gasteiger partial charge in [0.2, 0.25) is 0 Å². The van der Waals surface area contributed by atoms with Crippen molar-refractivity contribution >= 4 is 51.0 Å². The molecule has 0 spiro atoms. The van der Waals surface area contributed by atoms with Crippen LogP contribution in [0.5, 0.6) is 0 Å². The molecule has 0 aliphatic carbocycles. The largest absolute Gasteiger partial charge is 0.545 e. The number of hydrogen-bond donors (Lipinski definition) is 0. The van der Waals surface area contributed by atoms with Gasteiger partial charge in [0.05, 0.1) is 18.2 Å². The average molecular weight is 572 g/mol. The highest BCUT2D eigenvalue weighted by molar-refractivity contribution is 9.10. The SMILES string of the molecule is O=C([O-])c1ccc(CN2CCN=C(/C=C/c3cnccc3-c3cccc(Br)c3)c3ccc(Cl)cc32)cc1. The molecule has 5 rings (SSSR count). The van der Waals surface area contributed by atoms with Gasteiger partial charge in [-0.2, -0.15) is 0 Å². The van der Waals surface area contributed by atoms with Crippen molar-refractivity contribution in [2.75, 3.05) is 18.0 Å². The van der Waals surface area contributed by atoms with E-state index in [0.717, 1.165) is 43.7 Å². The summed E-state index contributed by atoms with van der Waals surface area (Å²) >= 11 is 9.97. The van der Waals surface area contributed by atoms with Crippen molar-refractivity contribution in [1.82, 2.24) is 4.98 Å². The van der Waals surface area contributed by atoms with Gasteiger partial charge in [-0.15, -0.1) is 0 Å². The van der Waals surface area contributed by atoms with Gasteiger partial charge in [0, 0.05) is 51.8 Å². The second-order valence-corrected chi connectivity index (χ2v) is 9.99. The minimum Gasteiger partial charge on any atom is -0.545 e. The number of carbonyl (C=O) groups excluding carboxylic acids is 1. The number of aromatic carboxylic acids is 1. The molecular formula is C30H22BrClN3O2-. The molecule has 0 radical (unpaired) electrons. The Morgan fingerprint density at radius 3 is 2.65 bits per heavy atom. The number of halogens is 2. The van der Waals surface area contributed by atoms with E-state index in [0.29, 0.717) is 24.7 Å². The van der Waals surface area contributed by atoms with E-state index < -0.39 is 5.97 Å². The van der Waals surface area contributed by atoms with E-state index in [1.54, 1.807) is 18.3 Å². The molecule has 2 heterocycles. The highest BCUT2D eigenvalue weighted by Gasteiger charge is 2.18. The third-order valence-electron chi connectivity index (χ3n) is 6.20. The molecule has 184 valence electrons. The summed E-state index contributed by atoms with van der Waals surface area (Å²) in [6.45, 7) is 1.90. The number of pyridine rings is 1. The first-order chi connectivity index (χ1) is 18.0. The Labute approximate surface area is 228 Å². The third kappa shape index (κ3) is 5.82. The van der Waals surface area contributed by atoms with Gasteiger partial charge in [-0.05, 0) is 64.7 Å². The van der Waals surface area contributed by atoms with Crippen LogP contribution in [0.15, 0.2) is 101 Å². The van der Waals surface area contributed by atoms with E-state index in [2.05, 4.69) is 44.0 Å². The minimum atomic E-state index is -1.18. The number of nitrogens with zero attached hydrogens (tertiary/aromatic N) is 3. The zero-order valence-corrected chi connectivity index (χ0v) is 22.1. The minimum absolute atomic E-state index is 0.163. The van der Waals surface area contributed by atoms with Gasteiger partial charge < -0.3 is 14.8 Å². The Bertz CT molecular complexity index is 1520. The van der Waals surface area contributed by atoms with Crippen molar-refractivity contribution in [3.05, 3.63) is 123 Å². The summed E-state index contributed by atoms with van der Waals surface area (Å²) in [6.07, 6.45) is 7.74. The Morgan fingerprint density at radius 1 is 1.03 bits per heavy atom. The molecule has 7 heteroatoms. The van der Waals surface area contributed by atoms with Crippen LogP contribution in [-0.4, -0.2) is 29.8 Å². The molecule has 0 bridgehead atoms. The molecule has 3 aromatic carbocycles. The predicted octanol–water partition coefficient (Wildman–Crippen LogP) is 6.05. The van der Waals surface area contributed by atoms with Crippen molar-refractivity contribution in [2.24, 2.45) is 4.99 Å². The van der Waals surface area contributed by atoms with Crippen LogP contribution < -0.4 is 10.0 Å². The summed E-state index contributed by atoms with van der Waals surface area (Å²) in [4.78, 5) is 22.5. The highest BCUT2D eigenvalue weighted by Crippen LogP contribution is 2.31. The molecule has 37 heavy (non-hydrogen) atoms. The molecule has 1 aromatic heterocycles. The Kier molecular flexibility index (Phi) is 7.49. The fourth-order valence-corrected chi connectivity index (χ4v) is 4.95. The summed E-state index contributed by atoms with van der Waals surface area (Å²) < 4.78 is 1.02. The molecule has 4 aromatic rings. The summed E-state index contributed by atoms with van der Waals surface area (Å²) in [6, 6.07) is 22.8. The number of carboxylic acid groups (broad SMARTS) is 1. The van der Waals surface area contributed by atoms with Crippen LogP contribution in [-0.2, 0) is 6.54 Å². The van der Waals surface area contributed by atoms with Crippen LogP contribution in [0, 0.1) is 0 Å².